The van der Waals surface area contributed by atoms with Crippen molar-refractivity contribution in [3.05, 3.63) is 54.1 Å². The number of hydrogen-bond acceptors (Lipinski definition) is 6. The van der Waals surface area contributed by atoms with Crippen LogP contribution < -0.4 is 4.90 Å². The third-order valence-corrected chi connectivity index (χ3v) is 5.22. The molecule has 0 amide bonds. The summed E-state index contributed by atoms with van der Waals surface area (Å²) in [4.78, 5) is 20.8. The Kier molecular flexibility index (Phi) is 4.33. The van der Waals surface area contributed by atoms with Crippen LogP contribution in [0.3, 0.4) is 0 Å². The number of pyridine rings is 3. The van der Waals surface area contributed by atoms with E-state index < -0.39 is 0 Å². The predicted octanol–water partition coefficient (Wildman–Crippen LogP) is 3.30. The number of morpholine rings is 1. The second kappa shape index (κ2) is 7.13. The predicted molar refractivity (Wildman–Crippen MR) is 112 cm³/mol. The summed E-state index contributed by atoms with van der Waals surface area (Å²) >= 11 is 0. The molecule has 3 aromatic rings. The molecule has 0 unspecified atom stereocenters. The zero-order valence-electron chi connectivity index (χ0n) is 15.8. The van der Waals surface area contributed by atoms with Gasteiger partial charge in [0.05, 0.1) is 31.0 Å². The number of hydrogen-bond donors (Lipinski definition) is 0. The first-order valence-electron chi connectivity index (χ1n) is 9.54. The second-order valence-corrected chi connectivity index (χ2v) is 7.05. The Labute approximate surface area is 163 Å². The molecule has 6 heteroatoms. The van der Waals surface area contributed by atoms with E-state index in [1.54, 1.807) is 0 Å². The van der Waals surface area contributed by atoms with Gasteiger partial charge < -0.3 is 9.64 Å². The highest BCUT2D eigenvalue weighted by molar-refractivity contribution is 6.02. The van der Waals surface area contributed by atoms with E-state index in [0.29, 0.717) is 6.54 Å². The monoisotopic (exact) mass is 371 g/mol. The lowest BCUT2D eigenvalue weighted by atomic mass is 10.00. The van der Waals surface area contributed by atoms with Crippen LogP contribution >= 0.6 is 0 Å². The molecule has 1 saturated heterocycles. The number of fused-ring (bicyclic) bond motifs is 1. The van der Waals surface area contributed by atoms with Gasteiger partial charge in [-0.15, -0.1) is 0 Å². The number of aryl methyl sites for hydroxylation is 1. The number of anilines is 1. The standard InChI is InChI=1S/C22H21N5O/c1-15-2-3-16(14-25-15)19-12-20(27-8-10-28-11-9-27)26-22-18(19)5-7-24-21(22)17-4-6-23-13-17/h2-7,12,14H,8-11,13H2,1H3. The first-order chi connectivity index (χ1) is 13.8. The van der Waals surface area contributed by atoms with Crippen LogP contribution in [0.5, 0.6) is 0 Å². The van der Waals surface area contributed by atoms with E-state index in [0.717, 1.165) is 71.1 Å². The Bertz CT molecular complexity index is 1080. The first kappa shape index (κ1) is 17.0. The average molecular weight is 371 g/mol. The zero-order chi connectivity index (χ0) is 18.9. The lowest BCUT2D eigenvalue weighted by Gasteiger charge is -2.28. The minimum Gasteiger partial charge on any atom is -0.378 e. The number of rotatable bonds is 3. The van der Waals surface area contributed by atoms with Crippen molar-refractivity contribution in [2.45, 2.75) is 6.92 Å². The van der Waals surface area contributed by atoms with Gasteiger partial charge in [-0.2, -0.15) is 0 Å². The molecule has 0 N–H and O–H groups in total. The fourth-order valence-electron chi connectivity index (χ4n) is 3.69. The topological polar surface area (TPSA) is 63.5 Å². The van der Waals surface area contributed by atoms with E-state index >= 15 is 0 Å². The van der Waals surface area contributed by atoms with Gasteiger partial charge in [-0.25, -0.2) is 4.98 Å². The van der Waals surface area contributed by atoms with Gasteiger partial charge in [-0.05, 0) is 36.8 Å². The van der Waals surface area contributed by atoms with Crippen LogP contribution in [0.1, 0.15) is 11.4 Å². The van der Waals surface area contributed by atoms with Gasteiger partial charge in [-0.3, -0.25) is 15.0 Å². The van der Waals surface area contributed by atoms with Crippen LogP contribution in [0.4, 0.5) is 5.82 Å². The maximum absolute atomic E-state index is 5.52. The Hall–Kier alpha value is -3.12. The largest absolute Gasteiger partial charge is 0.378 e. The molecule has 140 valence electrons. The van der Waals surface area contributed by atoms with Gasteiger partial charge >= 0.3 is 0 Å². The first-order valence-corrected chi connectivity index (χ1v) is 9.54. The summed E-state index contributed by atoms with van der Waals surface area (Å²) in [5, 5.41) is 1.08. The SMILES string of the molecule is Cc1ccc(-c2cc(N3CCOCC3)nc3c(C4=CC=NC4)nccc23)cn1. The maximum atomic E-state index is 5.52. The van der Waals surface area contributed by atoms with Gasteiger partial charge in [0.25, 0.3) is 0 Å². The van der Waals surface area contributed by atoms with E-state index in [4.69, 9.17) is 9.72 Å². The number of allylic oxidation sites excluding steroid dienone is 1. The van der Waals surface area contributed by atoms with E-state index in [2.05, 4.69) is 32.0 Å². The molecule has 2 aliphatic rings. The van der Waals surface area contributed by atoms with Crippen molar-refractivity contribution in [2.24, 2.45) is 4.99 Å². The molecule has 0 spiro atoms. The number of nitrogens with zero attached hydrogens (tertiary/aromatic N) is 5. The lowest BCUT2D eigenvalue weighted by Crippen LogP contribution is -2.36. The molecule has 0 atom stereocenters. The second-order valence-electron chi connectivity index (χ2n) is 7.05. The number of aliphatic imine (C=N–C) groups is 1. The molecule has 0 saturated carbocycles. The van der Waals surface area contributed by atoms with Crippen molar-refractivity contribution >= 4 is 28.5 Å². The molecule has 6 nitrogen and oxygen atoms in total. The van der Waals surface area contributed by atoms with Crippen LogP contribution in [-0.2, 0) is 4.74 Å². The van der Waals surface area contributed by atoms with E-state index in [1.165, 1.54) is 0 Å². The van der Waals surface area contributed by atoms with Crippen molar-refractivity contribution < 1.29 is 4.74 Å². The summed E-state index contributed by atoms with van der Waals surface area (Å²) in [6.07, 6.45) is 7.66. The Morgan fingerprint density at radius 1 is 1.07 bits per heavy atom. The molecule has 5 rings (SSSR count). The normalized spacial score (nSPS) is 16.6. The van der Waals surface area contributed by atoms with Gasteiger partial charge in [0.2, 0.25) is 0 Å². The summed E-state index contributed by atoms with van der Waals surface area (Å²) in [5.74, 6) is 0.958. The molecule has 5 heterocycles. The van der Waals surface area contributed by atoms with E-state index in [1.807, 2.05) is 43.7 Å². The Morgan fingerprint density at radius 3 is 2.71 bits per heavy atom. The summed E-state index contributed by atoms with van der Waals surface area (Å²) in [7, 11) is 0. The van der Waals surface area contributed by atoms with Crippen molar-refractivity contribution in [1.29, 1.82) is 0 Å². The summed E-state index contributed by atoms with van der Waals surface area (Å²) < 4.78 is 5.52. The van der Waals surface area contributed by atoms with Crippen molar-refractivity contribution in [2.75, 3.05) is 37.7 Å². The zero-order valence-corrected chi connectivity index (χ0v) is 15.8. The van der Waals surface area contributed by atoms with Crippen LogP contribution in [0.25, 0.3) is 27.6 Å². The van der Waals surface area contributed by atoms with Crippen LogP contribution in [0.2, 0.25) is 0 Å². The molecule has 2 aliphatic heterocycles. The van der Waals surface area contributed by atoms with Crippen LogP contribution in [0.15, 0.2) is 47.7 Å². The summed E-state index contributed by atoms with van der Waals surface area (Å²) in [5.41, 5.74) is 6.14. The van der Waals surface area contributed by atoms with Gasteiger partial charge in [0.1, 0.15) is 5.82 Å². The molecule has 0 radical (unpaired) electrons. The maximum Gasteiger partial charge on any atom is 0.130 e. The van der Waals surface area contributed by atoms with Gasteiger partial charge in [0.15, 0.2) is 0 Å². The van der Waals surface area contributed by atoms with Gasteiger partial charge in [0, 0.05) is 53.9 Å². The Balaban J connectivity index is 1.74. The molecular formula is C22H21N5O. The molecule has 0 bridgehead atoms. The fourth-order valence-corrected chi connectivity index (χ4v) is 3.69. The molecule has 3 aromatic heterocycles. The molecule has 28 heavy (non-hydrogen) atoms. The smallest absolute Gasteiger partial charge is 0.130 e. The minimum absolute atomic E-state index is 0.650. The highest BCUT2D eigenvalue weighted by atomic mass is 16.5. The molecular weight excluding hydrogens is 350 g/mol. The highest BCUT2D eigenvalue weighted by Crippen LogP contribution is 2.34. The third kappa shape index (κ3) is 3.05. The molecule has 0 aromatic carbocycles. The summed E-state index contributed by atoms with van der Waals surface area (Å²) in [6.45, 7) is 5.77. The number of aromatic nitrogens is 3. The fraction of sp³-hybridized carbons (Fsp3) is 0.273. The van der Waals surface area contributed by atoms with E-state index in [9.17, 15) is 0 Å². The third-order valence-electron chi connectivity index (χ3n) is 5.22. The van der Waals surface area contributed by atoms with E-state index in [-0.39, 0.29) is 0 Å². The van der Waals surface area contributed by atoms with Crippen LogP contribution in [0, 0.1) is 6.92 Å². The Morgan fingerprint density at radius 2 is 1.96 bits per heavy atom. The molecule has 0 aliphatic carbocycles. The minimum atomic E-state index is 0.650. The average Bonchev–Trinajstić information content (AvgIpc) is 3.28. The van der Waals surface area contributed by atoms with Gasteiger partial charge in [-0.1, -0.05) is 6.07 Å². The van der Waals surface area contributed by atoms with Crippen LogP contribution in [-0.4, -0.2) is 54.0 Å². The molecule has 1 fully saturated rings. The quantitative estimate of drug-likeness (QED) is 0.707. The van der Waals surface area contributed by atoms with Crippen molar-refractivity contribution in [1.82, 2.24) is 15.0 Å². The lowest BCUT2D eigenvalue weighted by molar-refractivity contribution is 0.122. The van der Waals surface area contributed by atoms with Crippen molar-refractivity contribution in [3.8, 4) is 11.1 Å². The summed E-state index contributed by atoms with van der Waals surface area (Å²) in [6, 6.07) is 8.38. The highest BCUT2D eigenvalue weighted by Gasteiger charge is 2.19. The van der Waals surface area contributed by atoms with Crippen molar-refractivity contribution in [3.63, 3.8) is 0 Å². The number of ether oxygens (including phenoxy) is 1.